The Balaban J connectivity index is 2.11. The minimum atomic E-state index is -0.683. The quantitative estimate of drug-likeness (QED) is 0.854. The summed E-state index contributed by atoms with van der Waals surface area (Å²) in [5, 5.41) is 9.39. The lowest BCUT2D eigenvalue weighted by atomic mass is 10.2. The maximum atomic E-state index is 9.39. The van der Waals surface area contributed by atoms with Gasteiger partial charge in [0.15, 0.2) is 11.5 Å². The average molecular weight is 273 g/mol. The van der Waals surface area contributed by atoms with E-state index in [-0.39, 0.29) is 12.5 Å². The van der Waals surface area contributed by atoms with Gasteiger partial charge in [0.1, 0.15) is 12.7 Å². The van der Waals surface area contributed by atoms with Crippen LogP contribution in [0.2, 0.25) is 0 Å². The molecule has 18 heavy (non-hydrogen) atoms. The first-order valence-electron chi connectivity index (χ1n) is 6.06. The molecule has 100 valence electrons. The summed E-state index contributed by atoms with van der Waals surface area (Å²) in [7, 11) is 0. The number of fused-ring (bicyclic) bond motifs is 1. The van der Waals surface area contributed by atoms with Crippen LogP contribution in [-0.2, 0) is 0 Å². The summed E-state index contributed by atoms with van der Waals surface area (Å²) in [6.07, 6.45) is 1.25. The van der Waals surface area contributed by atoms with Crippen LogP contribution in [-0.4, -0.2) is 36.9 Å². The fraction of sp³-hybridized carbons (Fsp3) is 0.538. The van der Waals surface area contributed by atoms with Crippen LogP contribution in [0.1, 0.15) is 12.8 Å². The highest BCUT2D eigenvalue weighted by Gasteiger charge is 2.15. The van der Waals surface area contributed by atoms with Crippen molar-refractivity contribution in [3.05, 3.63) is 18.2 Å². The highest BCUT2D eigenvalue weighted by molar-refractivity contribution is 6.18. The predicted octanol–water partition coefficient (Wildman–Crippen LogP) is 2.22. The van der Waals surface area contributed by atoms with Gasteiger partial charge in [0, 0.05) is 0 Å². The van der Waals surface area contributed by atoms with Gasteiger partial charge in [-0.2, -0.15) is 0 Å². The molecule has 1 heterocycles. The molecule has 0 aliphatic carbocycles. The second-order valence-corrected chi connectivity index (χ2v) is 4.42. The van der Waals surface area contributed by atoms with E-state index >= 15 is 0 Å². The maximum Gasteiger partial charge on any atom is 0.203 e. The molecule has 0 bridgehead atoms. The van der Waals surface area contributed by atoms with Crippen molar-refractivity contribution in [1.29, 1.82) is 0 Å². The molecule has 4 nitrogen and oxygen atoms in total. The van der Waals surface area contributed by atoms with Crippen LogP contribution in [0.3, 0.4) is 0 Å². The fourth-order valence-electron chi connectivity index (χ4n) is 1.66. The van der Waals surface area contributed by atoms with Crippen LogP contribution in [0.25, 0.3) is 0 Å². The van der Waals surface area contributed by atoms with E-state index in [4.69, 9.17) is 25.8 Å². The number of hydrogen-bond acceptors (Lipinski definition) is 4. The highest BCUT2D eigenvalue weighted by atomic mass is 35.5. The lowest BCUT2D eigenvalue weighted by Gasteiger charge is -2.19. The van der Waals surface area contributed by atoms with E-state index in [1.165, 1.54) is 0 Å². The smallest absolute Gasteiger partial charge is 0.203 e. The Kier molecular flexibility index (Phi) is 4.96. The zero-order valence-corrected chi connectivity index (χ0v) is 10.9. The van der Waals surface area contributed by atoms with Crippen LogP contribution in [0, 0.1) is 0 Å². The molecule has 0 saturated heterocycles. The Morgan fingerprint density at radius 1 is 1.28 bits per heavy atom. The zero-order valence-electron chi connectivity index (χ0n) is 10.1. The third-order valence-corrected chi connectivity index (χ3v) is 2.95. The molecule has 0 fully saturated rings. The van der Waals surface area contributed by atoms with Crippen molar-refractivity contribution in [2.75, 3.05) is 25.7 Å². The number of halogens is 1. The third-order valence-electron chi connectivity index (χ3n) is 2.59. The molecule has 0 radical (unpaired) electrons. The molecule has 0 spiro atoms. The highest BCUT2D eigenvalue weighted by Crippen LogP contribution is 2.38. The topological polar surface area (TPSA) is 47.9 Å². The molecule has 1 aliphatic heterocycles. The van der Waals surface area contributed by atoms with Gasteiger partial charge in [-0.05, 0) is 25.0 Å². The van der Waals surface area contributed by atoms with Gasteiger partial charge in [0.25, 0.3) is 0 Å². The molecular weight excluding hydrogens is 256 g/mol. The first-order valence-corrected chi connectivity index (χ1v) is 6.60. The number of aliphatic hydroxyl groups excluding tert-OH is 1. The van der Waals surface area contributed by atoms with E-state index in [0.717, 1.165) is 12.8 Å². The lowest BCUT2D eigenvalue weighted by Crippen LogP contribution is -2.19. The molecule has 1 atom stereocenters. The van der Waals surface area contributed by atoms with Gasteiger partial charge < -0.3 is 19.3 Å². The number of benzene rings is 1. The lowest BCUT2D eigenvalue weighted by molar-refractivity contribution is 0.120. The predicted molar refractivity (Wildman–Crippen MR) is 68.9 cm³/mol. The van der Waals surface area contributed by atoms with Crippen molar-refractivity contribution < 1.29 is 19.3 Å². The number of rotatable bonds is 4. The van der Waals surface area contributed by atoms with Gasteiger partial charge in [-0.25, -0.2) is 0 Å². The summed E-state index contributed by atoms with van der Waals surface area (Å²) < 4.78 is 16.8. The molecule has 1 aromatic carbocycles. The van der Waals surface area contributed by atoms with Crippen LogP contribution in [0.4, 0.5) is 0 Å². The van der Waals surface area contributed by atoms with Crippen molar-refractivity contribution in [2.24, 2.45) is 0 Å². The molecule has 1 unspecified atom stereocenters. The van der Waals surface area contributed by atoms with Crippen LogP contribution in [0.5, 0.6) is 17.2 Å². The summed E-state index contributed by atoms with van der Waals surface area (Å²) in [4.78, 5) is 0. The molecule has 1 N–H and O–H groups in total. The van der Waals surface area contributed by atoms with E-state index < -0.39 is 6.10 Å². The first-order chi connectivity index (χ1) is 8.81. The summed E-state index contributed by atoms with van der Waals surface area (Å²) >= 11 is 5.52. The van der Waals surface area contributed by atoms with Crippen molar-refractivity contribution >= 4 is 11.6 Å². The van der Waals surface area contributed by atoms with Gasteiger partial charge in [0.05, 0.1) is 19.1 Å². The van der Waals surface area contributed by atoms with Gasteiger partial charge in [-0.1, -0.05) is 6.07 Å². The van der Waals surface area contributed by atoms with E-state index in [1.807, 2.05) is 12.1 Å². The van der Waals surface area contributed by atoms with Crippen molar-refractivity contribution in [1.82, 2.24) is 0 Å². The maximum absolute atomic E-state index is 9.39. The Morgan fingerprint density at radius 2 is 2.06 bits per heavy atom. The number of para-hydroxylation sites is 1. The normalized spacial score (nSPS) is 16.6. The summed E-state index contributed by atoms with van der Waals surface area (Å²) in [6.45, 7) is 1.47. The zero-order chi connectivity index (χ0) is 12.8. The van der Waals surface area contributed by atoms with Crippen molar-refractivity contribution in [2.45, 2.75) is 18.9 Å². The van der Waals surface area contributed by atoms with E-state index in [0.29, 0.717) is 30.5 Å². The van der Waals surface area contributed by atoms with Gasteiger partial charge in [-0.3, -0.25) is 0 Å². The van der Waals surface area contributed by atoms with Crippen molar-refractivity contribution in [3.63, 3.8) is 0 Å². The summed E-state index contributed by atoms with van der Waals surface area (Å²) in [5.74, 6) is 2.02. The molecule has 0 saturated carbocycles. The van der Waals surface area contributed by atoms with Gasteiger partial charge in [0.2, 0.25) is 5.75 Å². The summed E-state index contributed by atoms with van der Waals surface area (Å²) in [6, 6.07) is 5.49. The Hall–Kier alpha value is -1.13. The Labute approximate surface area is 111 Å². The minimum Gasteiger partial charge on any atom is -0.490 e. The average Bonchev–Trinajstić information content (AvgIpc) is 2.36. The molecule has 5 heteroatoms. The standard InChI is InChI=1S/C13H17ClO4/c14-8-10(15)9-18-12-5-3-4-11-13(12)17-7-2-1-6-16-11/h3-5,10,15H,1-2,6-9H2. The third kappa shape index (κ3) is 3.43. The van der Waals surface area contributed by atoms with Crippen LogP contribution < -0.4 is 14.2 Å². The molecule has 0 amide bonds. The molecule has 2 rings (SSSR count). The number of alkyl halides is 1. The monoisotopic (exact) mass is 272 g/mol. The van der Waals surface area contributed by atoms with E-state index in [1.54, 1.807) is 6.07 Å². The summed E-state index contributed by atoms with van der Waals surface area (Å²) in [5.41, 5.74) is 0. The first kappa shape index (κ1) is 13.3. The van der Waals surface area contributed by atoms with Gasteiger partial charge in [-0.15, -0.1) is 11.6 Å². The van der Waals surface area contributed by atoms with Gasteiger partial charge >= 0.3 is 0 Å². The second kappa shape index (κ2) is 6.71. The van der Waals surface area contributed by atoms with Crippen LogP contribution >= 0.6 is 11.6 Å². The second-order valence-electron chi connectivity index (χ2n) is 4.11. The van der Waals surface area contributed by atoms with Crippen molar-refractivity contribution in [3.8, 4) is 17.2 Å². The minimum absolute atomic E-state index is 0.142. The molecule has 1 aromatic rings. The molecule has 0 aromatic heterocycles. The largest absolute Gasteiger partial charge is 0.490 e. The van der Waals surface area contributed by atoms with Crippen LogP contribution in [0.15, 0.2) is 18.2 Å². The number of aliphatic hydroxyl groups is 1. The Bertz CT molecular complexity index is 383. The molecular formula is C13H17ClO4. The molecule has 1 aliphatic rings. The van der Waals surface area contributed by atoms with E-state index in [2.05, 4.69) is 0 Å². The Morgan fingerprint density at radius 3 is 2.83 bits per heavy atom. The number of ether oxygens (including phenoxy) is 3. The van der Waals surface area contributed by atoms with E-state index in [9.17, 15) is 5.11 Å². The number of hydrogen-bond donors (Lipinski definition) is 1. The SMILES string of the molecule is OC(CCl)COc1cccc2c1OCCCCO2. The fourth-order valence-corrected chi connectivity index (χ4v) is 1.75.